The monoisotopic (exact) mass is 511 g/mol. The van der Waals surface area contributed by atoms with Crippen LogP contribution in [0.3, 0.4) is 0 Å². The third kappa shape index (κ3) is 8.29. The van der Waals surface area contributed by atoms with Crippen LogP contribution in [-0.2, 0) is 13.0 Å². The van der Waals surface area contributed by atoms with Gasteiger partial charge in [-0.3, -0.25) is 4.79 Å². The fourth-order valence-electron chi connectivity index (χ4n) is 4.30. The number of imidazole rings is 1. The first-order valence-electron chi connectivity index (χ1n) is 12.7. The first-order chi connectivity index (χ1) is 16.2. The van der Waals surface area contributed by atoms with Crippen LogP contribution in [0, 0.1) is 0 Å². The number of carbonyl (C=O) groups is 1. The molecule has 0 unspecified atom stereocenters. The van der Waals surface area contributed by atoms with Crippen molar-refractivity contribution in [3.05, 3.63) is 64.4 Å². The number of hydrogen-bond donors (Lipinski definition) is 1. The lowest BCUT2D eigenvalue weighted by molar-refractivity contribution is 0.0953. The Morgan fingerprint density at radius 2 is 1.55 bits per heavy atom. The largest absolute Gasteiger partial charge is 0.352 e. The third-order valence-electron chi connectivity index (χ3n) is 6.19. The van der Waals surface area contributed by atoms with Gasteiger partial charge in [-0.15, -0.1) is 0 Å². The van der Waals surface area contributed by atoms with Gasteiger partial charge in [-0.25, -0.2) is 4.98 Å². The van der Waals surface area contributed by atoms with E-state index in [0.717, 1.165) is 35.2 Å². The van der Waals surface area contributed by atoms with E-state index in [-0.39, 0.29) is 5.91 Å². The second-order valence-electron chi connectivity index (χ2n) is 8.86. The molecule has 0 spiro atoms. The van der Waals surface area contributed by atoms with Crippen LogP contribution in [0.15, 0.2) is 53.0 Å². The van der Waals surface area contributed by atoms with Gasteiger partial charge < -0.3 is 9.88 Å². The molecular formula is C28H38BrN3O. The first kappa shape index (κ1) is 25.5. The van der Waals surface area contributed by atoms with E-state index in [1.54, 1.807) is 0 Å². The van der Waals surface area contributed by atoms with E-state index < -0.39 is 0 Å². The molecule has 0 radical (unpaired) electrons. The molecule has 0 bridgehead atoms. The maximum atomic E-state index is 12.3. The zero-order chi connectivity index (χ0) is 23.3. The molecule has 0 aliphatic carbocycles. The van der Waals surface area contributed by atoms with Crippen molar-refractivity contribution in [3.63, 3.8) is 0 Å². The average molecular weight is 513 g/mol. The number of aryl methyl sites for hydroxylation is 2. The highest BCUT2D eigenvalue weighted by Gasteiger charge is 2.11. The Morgan fingerprint density at radius 1 is 0.879 bits per heavy atom. The highest BCUT2D eigenvalue weighted by Crippen LogP contribution is 2.19. The molecule has 3 rings (SSSR count). The van der Waals surface area contributed by atoms with Crippen molar-refractivity contribution >= 4 is 32.9 Å². The van der Waals surface area contributed by atoms with Gasteiger partial charge in [-0.1, -0.05) is 86.4 Å². The number of nitrogens with zero attached hydrogens (tertiary/aromatic N) is 2. The van der Waals surface area contributed by atoms with Crippen LogP contribution in [0.25, 0.3) is 11.0 Å². The summed E-state index contributed by atoms with van der Waals surface area (Å²) in [6.45, 7) is 3.95. The van der Waals surface area contributed by atoms with Gasteiger partial charge in [0.15, 0.2) is 0 Å². The molecule has 0 saturated heterocycles. The Kier molecular flexibility index (Phi) is 11.0. The van der Waals surface area contributed by atoms with E-state index in [1.807, 2.05) is 24.3 Å². The standard InChI is InChI=1S/C28H38BrN3O/c1-2-3-4-5-6-7-8-9-12-22-32-26-15-11-10-14-25(26)31-27(32)16-13-21-30-28(33)23-17-19-24(29)20-18-23/h10-11,14-15,17-20H,2-9,12-13,16,21-22H2,1H3,(H,30,33). The van der Waals surface area contributed by atoms with Crippen molar-refractivity contribution in [2.24, 2.45) is 0 Å². The van der Waals surface area contributed by atoms with Gasteiger partial charge in [0, 0.05) is 29.5 Å². The van der Waals surface area contributed by atoms with Gasteiger partial charge in [0.1, 0.15) is 5.82 Å². The van der Waals surface area contributed by atoms with Gasteiger partial charge in [-0.2, -0.15) is 0 Å². The van der Waals surface area contributed by atoms with Gasteiger partial charge >= 0.3 is 0 Å². The number of para-hydroxylation sites is 2. The van der Waals surface area contributed by atoms with Crippen molar-refractivity contribution in [2.75, 3.05) is 6.54 Å². The van der Waals surface area contributed by atoms with Crippen LogP contribution in [0.1, 0.15) is 87.3 Å². The number of halogens is 1. The van der Waals surface area contributed by atoms with Crippen molar-refractivity contribution in [1.29, 1.82) is 0 Å². The van der Waals surface area contributed by atoms with E-state index in [2.05, 4.69) is 57.0 Å². The lowest BCUT2D eigenvalue weighted by Gasteiger charge is -2.10. The number of benzene rings is 2. The topological polar surface area (TPSA) is 46.9 Å². The molecule has 0 saturated carbocycles. The molecule has 178 valence electrons. The molecule has 0 aliphatic rings. The van der Waals surface area contributed by atoms with Crippen LogP contribution in [0.5, 0.6) is 0 Å². The summed E-state index contributed by atoms with van der Waals surface area (Å²) in [6.07, 6.45) is 13.8. The number of unbranched alkanes of at least 4 members (excludes halogenated alkanes) is 8. The number of aromatic nitrogens is 2. The smallest absolute Gasteiger partial charge is 0.251 e. The highest BCUT2D eigenvalue weighted by atomic mass is 79.9. The number of fused-ring (bicyclic) bond motifs is 1. The fraction of sp³-hybridized carbons (Fsp3) is 0.500. The first-order valence-corrected chi connectivity index (χ1v) is 13.5. The lowest BCUT2D eigenvalue weighted by atomic mass is 10.1. The van der Waals surface area contributed by atoms with Gasteiger partial charge in [0.25, 0.3) is 5.91 Å². The predicted molar refractivity (Wildman–Crippen MR) is 142 cm³/mol. The Morgan fingerprint density at radius 3 is 2.27 bits per heavy atom. The SMILES string of the molecule is CCCCCCCCCCCn1c(CCCNC(=O)c2ccc(Br)cc2)nc2ccccc21. The minimum atomic E-state index is -0.0225. The second-order valence-corrected chi connectivity index (χ2v) is 9.78. The Balaban J connectivity index is 1.45. The van der Waals surface area contributed by atoms with E-state index in [4.69, 9.17) is 4.98 Å². The van der Waals surface area contributed by atoms with Crippen LogP contribution in [-0.4, -0.2) is 22.0 Å². The van der Waals surface area contributed by atoms with Gasteiger partial charge in [0.2, 0.25) is 0 Å². The predicted octanol–water partition coefficient (Wildman–Crippen LogP) is 7.69. The number of carbonyl (C=O) groups excluding carboxylic acids is 1. The maximum absolute atomic E-state index is 12.3. The number of hydrogen-bond acceptors (Lipinski definition) is 2. The summed E-state index contributed by atoms with van der Waals surface area (Å²) in [5.41, 5.74) is 2.99. The number of amides is 1. The third-order valence-corrected chi connectivity index (χ3v) is 6.72. The van der Waals surface area contributed by atoms with Crippen molar-refractivity contribution < 1.29 is 4.79 Å². The normalized spacial score (nSPS) is 11.2. The van der Waals surface area contributed by atoms with Crippen LogP contribution >= 0.6 is 15.9 Å². The Hall–Kier alpha value is -2.14. The molecular weight excluding hydrogens is 474 g/mol. The molecule has 1 aromatic heterocycles. The molecule has 0 fully saturated rings. The quantitative estimate of drug-likeness (QED) is 0.212. The zero-order valence-electron chi connectivity index (χ0n) is 20.0. The second kappa shape index (κ2) is 14.2. The van der Waals surface area contributed by atoms with E-state index >= 15 is 0 Å². The minimum absolute atomic E-state index is 0.0225. The molecule has 0 aliphatic heterocycles. The molecule has 33 heavy (non-hydrogen) atoms. The van der Waals surface area contributed by atoms with Crippen LogP contribution < -0.4 is 5.32 Å². The van der Waals surface area contributed by atoms with Crippen molar-refractivity contribution in [2.45, 2.75) is 84.1 Å². The molecule has 5 heteroatoms. The van der Waals surface area contributed by atoms with E-state index in [0.29, 0.717) is 12.1 Å². The van der Waals surface area contributed by atoms with Gasteiger partial charge in [-0.05, 0) is 49.2 Å². The van der Waals surface area contributed by atoms with Crippen LogP contribution in [0.2, 0.25) is 0 Å². The molecule has 3 aromatic rings. The molecule has 4 nitrogen and oxygen atoms in total. The minimum Gasteiger partial charge on any atom is -0.352 e. The summed E-state index contributed by atoms with van der Waals surface area (Å²) in [5.74, 6) is 1.11. The summed E-state index contributed by atoms with van der Waals surface area (Å²) >= 11 is 3.41. The molecule has 0 atom stereocenters. The van der Waals surface area contributed by atoms with E-state index in [9.17, 15) is 4.79 Å². The molecule has 1 heterocycles. The van der Waals surface area contributed by atoms with E-state index in [1.165, 1.54) is 63.3 Å². The fourth-order valence-corrected chi connectivity index (χ4v) is 4.56. The summed E-state index contributed by atoms with van der Waals surface area (Å²) in [6, 6.07) is 15.9. The summed E-state index contributed by atoms with van der Waals surface area (Å²) in [7, 11) is 0. The molecule has 1 N–H and O–H groups in total. The van der Waals surface area contributed by atoms with Crippen molar-refractivity contribution in [3.8, 4) is 0 Å². The number of rotatable bonds is 15. The van der Waals surface area contributed by atoms with Gasteiger partial charge in [0.05, 0.1) is 11.0 Å². The Bertz CT molecular complexity index is 980. The average Bonchev–Trinajstić information content (AvgIpc) is 3.18. The number of nitrogens with one attached hydrogen (secondary N) is 1. The summed E-state index contributed by atoms with van der Waals surface area (Å²) in [4.78, 5) is 17.2. The molecule has 1 amide bonds. The summed E-state index contributed by atoms with van der Waals surface area (Å²) in [5, 5.41) is 3.04. The maximum Gasteiger partial charge on any atom is 0.251 e. The summed E-state index contributed by atoms with van der Waals surface area (Å²) < 4.78 is 3.37. The highest BCUT2D eigenvalue weighted by molar-refractivity contribution is 9.10. The zero-order valence-corrected chi connectivity index (χ0v) is 21.6. The lowest BCUT2D eigenvalue weighted by Crippen LogP contribution is -2.25. The van der Waals surface area contributed by atoms with Crippen LogP contribution in [0.4, 0.5) is 0 Å². The molecule has 2 aromatic carbocycles. The Labute approximate surface area is 207 Å². The van der Waals surface area contributed by atoms with Crippen molar-refractivity contribution in [1.82, 2.24) is 14.9 Å².